The van der Waals surface area contributed by atoms with Gasteiger partial charge in [0.2, 0.25) is 5.91 Å². The van der Waals surface area contributed by atoms with Gasteiger partial charge in [-0.25, -0.2) is 4.98 Å². The Bertz CT molecular complexity index is 1170. The number of nitrogens with zero attached hydrogens (tertiary/aromatic N) is 2. The van der Waals surface area contributed by atoms with Crippen LogP contribution in [-0.4, -0.2) is 21.9 Å². The lowest BCUT2D eigenvalue weighted by Crippen LogP contribution is -2.15. The Balaban J connectivity index is 1.51. The highest BCUT2D eigenvalue weighted by atomic mass is 35.5. The lowest BCUT2D eigenvalue weighted by Gasteiger charge is -2.06. The lowest BCUT2D eigenvalue weighted by molar-refractivity contribution is -0.115. The number of fused-ring (bicyclic) bond motifs is 1. The van der Waals surface area contributed by atoms with E-state index in [1.807, 2.05) is 47.2 Å². The highest BCUT2D eigenvalue weighted by Crippen LogP contribution is 2.27. The maximum Gasteiger partial charge on any atom is 0.230 e. The predicted octanol–water partition coefficient (Wildman–Crippen LogP) is 5.95. The van der Waals surface area contributed by atoms with E-state index in [9.17, 15) is 4.79 Å². The standard InChI is InChI=1S/C21H17Cl2N3O2S/c1-2-28-16-6-3-13(4-7-16)19-11-26-15(12-29-21(26)25-19)10-20(27)24-14-5-8-17(22)18(23)9-14/h3-9,11-12H,2,10H2,1H3,(H,24,27). The van der Waals surface area contributed by atoms with Crippen LogP contribution in [0, 0.1) is 0 Å². The highest BCUT2D eigenvalue weighted by molar-refractivity contribution is 7.15. The van der Waals surface area contributed by atoms with Crippen LogP contribution in [-0.2, 0) is 11.2 Å². The zero-order valence-corrected chi connectivity index (χ0v) is 17.8. The Morgan fingerprint density at radius 1 is 1.17 bits per heavy atom. The molecule has 0 aliphatic rings. The van der Waals surface area contributed by atoms with E-state index >= 15 is 0 Å². The highest BCUT2D eigenvalue weighted by Gasteiger charge is 2.13. The molecule has 5 nitrogen and oxygen atoms in total. The molecule has 0 saturated heterocycles. The van der Waals surface area contributed by atoms with E-state index in [1.165, 1.54) is 11.3 Å². The zero-order chi connectivity index (χ0) is 20.4. The minimum Gasteiger partial charge on any atom is -0.494 e. The van der Waals surface area contributed by atoms with Crippen molar-refractivity contribution in [3.8, 4) is 17.0 Å². The van der Waals surface area contributed by atoms with Crippen LogP contribution in [0.15, 0.2) is 54.0 Å². The monoisotopic (exact) mass is 445 g/mol. The first-order valence-electron chi connectivity index (χ1n) is 8.97. The van der Waals surface area contributed by atoms with Crippen molar-refractivity contribution >= 4 is 51.1 Å². The van der Waals surface area contributed by atoms with Gasteiger partial charge in [-0.15, -0.1) is 11.3 Å². The van der Waals surface area contributed by atoms with Crippen molar-refractivity contribution in [2.24, 2.45) is 0 Å². The number of hydrogen-bond acceptors (Lipinski definition) is 4. The number of nitrogens with one attached hydrogen (secondary N) is 1. The van der Waals surface area contributed by atoms with Crippen molar-refractivity contribution in [2.45, 2.75) is 13.3 Å². The molecule has 0 fully saturated rings. The molecule has 0 bridgehead atoms. The van der Waals surface area contributed by atoms with Gasteiger partial charge in [-0.05, 0) is 49.4 Å². The van der Waals surface area contributed by atoms with Crippen LogP contribution < -0.4 is 10.1 Å². The molecule has 0 aliphatic heterocycles. The number of rotatable bonds is 6. The van der Waals surface area contributed by atoms with Crippen molar-refractivity contribution in [3.63, 3.8) is 0 Å². The fraction of sp³-hybridized carbons (Fsp3) is 0.143. The Morgan fingerprint density at radius 3 is 2.69 bits per heavy atom. The quantitative estimate of drug-likeness (QED) is 0.398. The van der Waals surface area contributed by atoms with Gasteiger partial charge in [0.25, 0.3) is 0 Å². The summed E-state index contributed by atoms with van der Waals surface area (Å²) in [7, 11) is 0. The van der Waals surface area contributed by atoms with Crippen LogP contribution in [0.25, 0.3) is 16.2 Å². The van der Waals surface area contributed by atoms with Crippen molar-refractivity contribution in [2.75, 3.05) is 11.9 Å². The molecule has 0 aliphatic carbocycles. The molecule has 0 spiro atoms. The number of halogens is 2. The molecule has 1 amide bonds. The molecule has 148 valence electrons. The van der Waals surface area contributed by atoms with E-state index in [4.69, 9.17) is 27.9 Å². The fourth-order valence-corrected chi connectivity index (χ4v) is 4.10. The van der Waals surface area contributed by atoms with Crippen molar-refractivity contribution in [1.82, 2.24) is 9.38 Å². The second-order valence-corrected chi connectivity index (χ2v) is 7.97. The lowest BCUT2D eigenvalue weighted by atomic mass is 10.1. The van der Waals surface area contributed by atoms with E-state index in [2.05, 4.69) is 10.3 Å². The first-order valence-corrected chi connectivity index (χ1v) is 10.6. The average molecular weight is 446 g/mol. The molecule has 8 heteroatoms. The summed E-state index contributed by atoms with van der Waals surface area (Å²) in [6.45, 7) is 2.59. The third-order valence-corrected chi connectivity index (χ3v) is 5.92. The fourth-order valence-electron chi connectivity index (χ4n) is 2.93. The maximum atomic E-state index is 12.5. The van der Waals surface area contributed by atoms with Gasteiger partial charge in [-0.3, -0.25) is 9.20 Å². The van der Waals surface area contributed by atoms with Crippen LogP contribution in [0.3, 0.4) is 0 Å². The van der Waals surface area contributed by atoms with Crippen LogP contribution in [0.1, 0.15) is 12.6 Å². The molecular formula is C21H17Cl2N3O2S. The predicted molar refractivity (Wildman–Crippen MR) is 118 cm³/mol. The number of benzene rings is 2. The number of carbonyl (C=O) groups is 1. The third-order valence-electron chi connectivity index (χ3n) is 4.29. The van der Waals surface area contributed by atoms with Gasteiger partial charge in [0.15, 0.2) is 4.96 Å². The normalized spacial score (nSPS) is 11.0. The van der Waals surface area contributed by atoms with Gasteiger partial charge >= 0.3 is 0 Å². The summed E-state index contributed by atoms with van der Waals surface area (Å²) in [5, 5.41) is 5.64. The smallest absolute Gasteiger partial charge is 0.230 e. The van der Waals surface area contributed by atoms with Gasteiger partial charge in [0.1, 0.15) is 5.75 Å². The Hall–Kier alpha value is -2.54. The number of amides is 1. The first kappa shape index (κ1) is 19.8. The molecule has 2 heterocycles. The van der Waals surface area contributed by atoms with Crippen LogP contribution >= 0.6 is 34.5 Å². The Morgan fingerprint density at radius 2 is 1.97 bits per heavy atom. The number of carbonyl (C=O) groups excluding carboxylic acids is 1. The average Bonchev–Trinajstić information content (AvgIpc) is 3.28. The van der Waals surface area contributed by atoms with Gasteiger partial charge in [0.05, 0.1) is 28.8 Å². The number of anilines is 1. The minimum atomic E-state index is -0.139. The summed E-state index contributed by atoms with van der Waals surface area (Å²) in [5.74, 6) is 0.691. The molecule has 4 rings (SSSR count). The van der Waals surface area contributed by atoms with Crippen LogP contribution in [0.2, 0.25) is 10.0 Å². The second-order valence-electron chi connectivity index (χ2n) is 6.32. The SMILES string of the molecule is CCOc1ccc(-c2cn3c(CC(=O)Nc4ccc(Cl)c(Cl)c4)csc3n2)cc1. The molecule has 29 heavy (non-hydrogen) atoms. The molecule has 0 radical (unpaired) electrons. The largest absolute Gasteiger partial charge is 0.494 e. The summed E-state index contributed by atoms with van der Waals surface area (Å²) >= 11 is 13.4. The van der Waals surface area contributed by atoms with E-state index in [1.54, 1.807) is 18.2 Å². The number of imidazole rings is 1. The number of aromatic nitrogens is 2. The van der Waals surface area contributed by atoms with Crippen molar-refractivity contribution in [3.05, 3.63) is 69.8 Å². The van der Waals surface area contributed by atoms with Gasteiger partial charge in [0, 0.05) is 28.5 Å². The van der Waals surface area contributed by atoms with Gasteiger partial charge < -0.3 is 10.1 Å². The molecule has 0 unspecified atom stereocenters. The maximum absolute atomic E-state index is 12.5. The van der Waals surface area contributed by atoms with E-state index in [0.29, 0.717) is 22.3 Å². The summed E-state index contributed by atoms with van der Waals surface area (Å²) < 4.78 is 7.43. The van der Waals surface area contributed by atoms with Crippen LogP contribution in [0.5, 0.6) is 5.75 Å². The molecule has 0 atom stereocenters. The Labute approximate surface area is 181 Å². The molecule has 2 aromatic heterocycles. The third kappa shape index (κ3) is 4.40. The first-order chi connectivity index (χ1) is 14.0. The summed E-state index contributed by atoms with van der Waals surface area (Å²) in [6, 6.07) is 12.8. The minimum absolute atomic E-state index is 0.139. The summed E-state index contributed by atoms with van der Waals surface area (Å²) in [4.78, 5) is 18.0. The molecule has 0 saturated carbocycles. The number of ether oxygens (including phenoxy) is 1. The number of hydrogen-bond donors (Lipinski definition) is 1. The van der Waals surface area contributed by atoms with E-state index in [0.717, 1.165) is 27.7 Å². The second kappa shape index (κ2) is 8.45. The molecular weight excluding hydrogens is 429 g/mol. The summed E-state index contributed by atoms with van der Waals surface area (Å²) in [5.41, 5.74) is 3.32. The topological polar surface area (TPSA) is 55.6 Å². The van der Waals surface area contributed by atoms with Crippen LogP contribution in [0.4, 0.5) is 5.69 Å². The van der Waals surface area contributed by atoms with Crippen molar-refractivity contribution < 1.29 is 9.53 Å². The van der Waals surface area contributed by atoms with E-state index in [-0.39, 0.29) is 12.3 Å². The summed E-state index contributed by atoms with van der Waals surface area (Å²) in [6.07, 6.45) is 2.17. The molecule has 1 N–H and O–H groups in total. The molecule has 2 aromatic carbocycles. The Kier molecular flexibility index (Phi) is 5.76. The number of thiazole rings is 1. The van der Waals surface area contributed by atoms with Gasteiger partial charge in [-0.2, -0.15) is 0 Å². The van der Waals surface area contributed by atoms with E-state index < -0.39 is 0 Å². The van der Waals surface area contributed by atoms with Gasteiger partial charge in [-0.1, -0.05) is 23.2 Å². The van der Waals surface area contributed by atoms with Crippen molar-refractivity contribution in [1.29, 1.82) is 0 Å². The zero-order valence-electron chi connectivity index (χ0n) is 15.5. The molecule has 4 aromatic rings.